The molecule has 1 amide bonds. The first-order chi connectivity index (χ1) is 3.18. The molecule has 42 valence electrons. The summed E-state index contributed by atoms with van der Waals surface area (Å²) >= 11 is 0. The maximum absolute atomic E-state index is 10.9. The number of aliphatic hydroxyl groups excluding tert-OH is 1. The summed E-state index contributed by atoms with van der Waals surface area (Å²) in [7, 11) is 0. The third kappa shape index (κ3) is 2.11. The van der Waals surface area contributed by atoms with E-state index < -0.39 is 12.0 Å². The summed E-state index contributed by atoms with van der Waals surface area (Å²) in [5, 5.41) is 8.17. The zero-order valence-electron chi connectivity index (χ0n) is 3.81. The highest BCUT2D eigenvalue weighted by Crippen LogP contribution is 1.76. The van der Waals surface area contributed by atoms with E-state index in [2.05, 4.69) is 0 Å². The monoisotopic (exact) mass is 107 g/mol. The van der Waals surface area contributed by atoms with Crippen LogP contribution in [0.15, 0.2) is 0 Å². The van der Waals surface area contributed by atoms with Gasteiger partial charge in [0.15, 0.2) is 0 Å². The zero-order chi connectivity index (χ0) is 5.86. The van der Waals surface area contributed by atoms with Crippen LogP contribution in [-0.2, 0) is 4.79 Å². The van der Waals surface area contributed by atoms with Crippen LogP contribution < -0.4 is 5.54 Å². The highest BCUT2D eigenvalue weighted by atomic mass is 19.2. The third-order valence-corrected chi connectivity index (χ3v) is 0.473. The Morgan fingerprint density at radius 2 is 2.43 bits per heavy atom. The number of hydrogen-bond donors (Lipinski definition) is 2. The lowest BCUT2D eigenvalue weighted by atomic mass is 10.4. The molecule has 0 aliphatic carbocycles. The van der Waals surface area contributed by atoms with E-state index in [9.17, 15) is 9.28 Å². The first kappa shape index (κ1) is 6.36. The van der Waals surface area contributed by atoms with E-state index in [1.807, 2.05) is 0 Å². The van der Waals surface area contributed by atoms with Crippen molar-refractivity contribution >= 4 is 5.91 Å². The molecule has 0 saturated heterocycles. The average molecular weight is 107 g/mol. The zero-order valence-corrected chi connectivity index (χ0v) is 3.81. The molecule has 2 N–H and O–H groups in total. The first-order valence-corrected chi connectivity index (χ1v) is 1.77. The highest BCUT2D eigenvalue weighted by molar-refractivity contribution is 5.78. The predicted octanol–water partition coefficient (Wildman–Crippen LogP) is -0.632. The number of rotatable bonds is 1. The SMILES string of the molecule is CC(O)C(=O)NF. The topological polar surface area (TPSA) is 49.3 Å². The van der Waals surface area contributed by atoms with Gasteiger partial charge in [0.05, 0.1) is 0 Å². The van der Waals surface area contributed by atoms with Crippen molar-refractivity contribution in [3.63, 3.8) is 0 Å². The van der Waals surface area contributed by atoms with E-state index in [0.717, 1.165) is 5.54 Å². The number of halogens is 1. The molecule has 0 radical (unpaired) electrons. The summed E-state index contributed by atoms with van der Waals surface area (Å²) in [5.41, 5.74) is 0.775. The van der Waals surface area contributed by atoms with Crippen LogP contribution in [-0.4, -0.2) is 17.1 Å². The van der Waals surface area contributed by atoms with Gasteiger partial charge in [-0.2, -0.15) is 5.54 Å². The Kier molecular flexibility index (Phi) is 2.29. The smallest absolute Gasteiger partial charge is 0.276 e. The first-order valence-electron chi connectivity index (χ1n) is 1.77. The number of carbonyl (C=O) groups is 1. The van der Waals surface area contributed by atoms with Gasteiger partial charge < -0.3 is 5.11 Å². The van der Waals surface area contributed by atoms with E-state index in [1.165, 1.54) is 6.92 Å². The Morgan fingerprint density at radius 3 is 2.43 bits per heavy atom. The minimum Gasteiger partial charge on any atom is -0.383 e. The van der Waals surface area contributed by atoms with Crippen molar-refractivity contribution in [2.75, 3.05) is 0 Å². The fourth-order valence-electron chi connectivity index (χ4n) is 0.0790. The molecule has 3 nitrogen and oxygen atoms in total. The van der Waals surface area contributed by atoms with Crippen molar-refractivity contribution in [3.05, 3.63) is 0 Å². The van der Waals surface area contributed by atoms with Crippen LogP contribution >= 0.6 is 0 Å². The molecule has 0 aromatic rings. The summed E-state index contributed by atoms with van der Waals surface area (Å²) in [5.74, 6) is -1.01. The quantitative estimate of drug-likeness (QED) is 0.438. The van der Waals surface area contributed by atoms with Crippen LogP contribution in [0, 0.1) is 0 Å². The lowest BCUT2D eigenvalue weighted by Gasteiger charge is -1.94. The Labute approximate surface area is 40.1 Å². The molecule has 0 aliphatic heterocycles. The summed E-state index contributed by atoms with van der Waals surface area (Å²) in [6.07, 6.45) is -1.26. The molecule has 0 fully saturated rings. The number of carbonyl (C=O) groups excluding carboxylic acids is 1. The van der Waals surface area contributed by atoms with Gasteiger partial charge in [0.2, 0.25) is 0 Å². The lowest BCUT2D eigenvalue weighted by Crippen LogP contribution is -2.26. The van der Waals surface area contributed by atoms with Gasteiger partial charge in [-0.3, -0.25) is 4.79 Å². The molecule has 0 heterocycles. The molecule has 1 atom stereocenters. The molecule has 0 rings (SSSR count). The summed E-state index contributed by atoms with van der Waals surface area (Å²) < 4.78 is 10.9. The average Bonchev–Trinajstić information content (AvgIpc) is 1.65. The molecule has 1 unspecified atom stereocenters. The van der Waals surface area contributed by atoms with E-state index in [0.29, 0.717) is 0 Å². The lowest BCUT2D eigenvalue weighted by molar-refractivity contribution is -0.132. The minimum atomic E-state index is -1.26. The number of amides is 1. The molecule has 0 bridgehead atoms. The largest absolute Gasteiger partial charge is 0.383 e. The normalized spacial score (nSPS) is 13.0. The highest BCUT2D eigenvalue weighted by Gasteiger charge is 2.05. The van der Waals surface area contributed by atoms with Gasteiger partial charge in [-0.25, -0.2) is 0 Å². The molecular weight excluding hydrogens is 101 g/mol. The second-order valence-electron chi connectivity index (χ2n) is 1.13. The second-order valence-corrected chi connectivity index (χ2v) is 1.13. The van der Waals surface area contributed by atoms with Gasteiger partial charge in [-0.1, -0.05) is 0 Å². The molecule has 0 aromatic carbocycles. The van der Waals surface area contributed by atoms with Crippen LogP contribution in [0.25, 0.3) is 0 Å². The Bertz CT molecular complexity index is 73.3. The maximum Gasteiger partial charge on any atom is 0.276 e. The standard InChI is InChI=1S/C3H6FNO2/c1-2(6)3(7)5-4/h2,6H,1H3,(H,5,7). The number of aliphatic hydroxyl groups is 1. The van der Waals surface area contributed by atoms with Crippen LogP contribution in [0.4, 0.5) is 4.48 Å². The Morgan fingerprint density at radius 1 is 2.00 bits per heavy atom. The molecular formula is C3H6FNO2. The summed E-state index contributed by atoms with van der Waals surface area (Å²) in [6.45, 7) is 1.18. The Balaban J connectivity index is 3.35. The van der Waals surface area contributed by atoms with Crippen LogP contribution in [0.2, 0.25) is 0 Å². The molecule has 4 heteroatoms. The van der Waals surface area contributed by atoms with Crippen LogP contribution in [0.1, 0.15) is 6.92 Å². The fourth-order valence-corrected chi connectivity index (χ4v) is 0.0790. The molecule has 0 aromatic heterocycles. The van der Waals surface area contributed by atoms with Gasteiger partial charge in [0, 0.05) is 0 Å². The Hall–Kier alpha value is -0.640. The van der Waals surface area contributed by atoms with E-state index in [1.54, 1.807) is 0 Å². The van der Waals surface area contributed by atoms with Gasteiger partial charge in [-0.05, 0) is 6.92 Å². The van der Waals surface area contributed by atoms with Crippen molar-refractivity contribution in [2.45, 2.75) is 13.0 Å². The van der Waals surface area contributed by atoms with Crippen molar-refractivity contribution in [2.24, 2.45) is 0 Å². The van der Waals surface area contributed by atoms with Crippen molar-refractivity contribution in [1.82, 2.24) is 5.54 Å². The van der Waals surface area contributed by atoms with Gasteiger partial charge in [-0.15, -0.1) is 4.48 Å². The van der Waals surface area contributed by atoms with E-state index >= 15 is 0 Å². The summed E-state index contributed by atoms with van der Waals surface area (Å²) in [4.78, 5) is 9.78. The van der Waals surface area contributed by atoms with Crippen molar-refractivity contribution in [3.8, 4) is 0 Å². The number of nitrogens with one attached hydrogen (secondary N) is 1. The van der Waals surface area contributed by atoms with Gasteiger partial charge >= 0.3 is 0 Å². The van der Waals surface area contributed by atoms with Gasteiger partial charge in [0.1, 0.15) is 6.10 Å². The van der Waals surface area contributed by atoms with Crippen LogP contribution in [0.5, 0.6) is 0 Å². The summed E-state index contributed by atoms with van der Waals surface area (Å²) in [6, 6.07) is 0. The van der Waals surface area contributed by atoms with Crippen LogP contribution in [0.3, 0.4) is 0 Å². The predicted molar refractivity (Wildman–Crippen MR) is 20.9 cm³/mol. The fraction of sp³-hybridized carbons (Fsp3) is 0.667. The molecule has 0 spiro atoms. The molecule has 7 heavy (non-hydrogen) atoms. The van der Waals surface area contributed by atoms with Gasteiger partial charge in [0.25, 0.3) is 5.91 Å². The maximum atomic E-state index is 10.9. The third-order valence-electron chi connectivity index (χ3n) is 0.473. The molecule has 0 saturated carbocycles. The number of hydrogen-bond acceptors (Lipinski definition) is 2. The minimum absolute atomic E-state index is 0.775. The van der Waals surface area contributed by atoms with E-state index in [4.69, 9.17) is 5.11 Å². The van der Waals surface area contributed by atoms with Crippen molar-refractivity contribution in [1.29, 1.82) is 0 Å². The second kappa shape index (κ2) is 2.52. The van der Waals surface area contributed by atoms with Crippen molar-refractivity contribution < 1.29 is 14.4 Å². The molecule has 0 aliphatic rings. The van der Waals surface area contributed by atoms with E-state index in [-0.39, 0.29) is 0 Å².